The summed E-state index contributed by atoms with van der Waals surface area (Å²) < 4.78 is 9.35. The van der Waals surface area contributed by atoms with E-state index in [-0.39, 0.29) is 40.7 Å². The van der Waals surface area contributed by atoms with Gasteiger partial charge in [-0.2, -0.15) is 11.3 Å². The fraction of sp³-hybridized carbons (Fsp3) is 0.543. The third-order valence-electron chi connectivity index (χ3n) is 11.5. The van der Waals surface area contributed by atoms with Gasteiger partial charge in [0.1, 0.15) is 11.9 Å². The van der Waals surface area contributed by atoms with Gasteiger partial charge in [-0.1, -0.05) is 45.5 Å². The van der Waals surface area contributed by atoms with Crippen LogP contribution in [0.3, 0.4) is 0 Å². The van der Waals surface area contributed by atoms with Crippen LogP contribution < -0.4 is 4.57 Å². The number of esters is 1. The number of hydrogen-bond acceptors (Lipinski definition) is 8. The standard InChI is InChI=1S/C35H43N2O4S3/c1-6-33(4)17-28(34(5)22(2)7-12-35(23(3)31(33)40)13-8-27(38)30(34)35)41-29(39)21-44-32-36-26(20-43-32)25-9-14-37(15-10-25)18-24-11-16-42-19-24/h6,9-11,14-16,19-20,22-23,28,30-31,40H,1,7-8,12-13,17-18,21H2,2-5H3/q+1/t22-,23+,28-,30+,31+,33-,34+,35+/m1/s1. The fourth-order valence-electron chi connectivity index (χ4n) is 8.60. The molecule has 0 amide bonds. The number of thioether (sulfide) groups is 1. The summed E-state index contributed by atoms with van der Waals surface area (Å²) in [5.74, 6) is 0.0346. The molecule has 0 saturated heterocycles. The van der Waals surface area contributed by atoms with Crippen molar-refractivity contribution in [3.8, 4) is 11.3 Å². The van der Waals surface area contributed by atoms with Crippen LogP contribution in [0.2, 0.25) is 0 Å². The summed E-state index contributed by atoms with van der Waals surface area (Å²) in [6.07, 6.45) is 8.46. The van der Waals surface area contributed by atoms with Gasteiger partial charge in [-0.25, -0.2) is 9.55 Å². The Labute approximate surface area is 273 Å². The van der Waals surface area contributed by atoms with Crippen LogP contribution in [0.25, 0.3) is 11.3 Å². The van der Waals surface area contributed by atoms with E-state index in [9.17, 15) is 14.7 Å². The van der Waals surface area contributed by atoms with E-state index < -0.39 is 23.0 Å². The van der Waals surface area contributed by atoms with Gasteiger partial charge >= 0.3 is 5.97 Å². The molecule has 3 fully saturated rings. The number of Topliss-reactive ketones (excluding diaryl/α,β-unsaturated/α-hetero) is 1. The van der Waals surface area contributed by atoms with Crippen LogP contribution in [0.15, 0.2) is 63.7 Å². The highest BCUT2D eigenvalue weighted by molar-refractivity contribution is 8.01. The molecule has 0 unspecified atom stereocenters. The monoisotopic (exact) mass is 651 g/mol. The zero-order chi connectivity index (χ0) is 31.3. The van der Waals surface area contributed by atoms with E-state index in [2.05, 4.69) is 73.3 Å². The van der Waals surface area contributed by atoms with Crippen molar-refractivity contribution in [3.63, 3.8) is 0 Å². The molecule has 0 spiro atoms. The maximum atomic E-state index is 13.6. The van der Waals surface area contributed by atoms with Crippen LogP contribution >= 0.6 is 34.4 Å². The van der Waals surface area contributed by atoms with Crippen molar-refractivity contribution in [2.45, 2.75) is 82.9 Å². The number of aliphatic hydroxyl groups excluding tert-OH is 1. The molecule has 0 aromatic carbocycles. The lowest BCUT2D eigenvalue weighted by molar-refractivity contribution is -0.688. The normalized spacial score (nSPS) is 35.0. The number of ether oxygens (including phenoxy) is 1. The minimum absolute atomic E-state index is 0.0455. The maximum Gasteiger partial charge on any atom is 0.316 e. The highest BCUT2D eigenvalue weighted by atomic mass is 32.2. The van der Waals surface area contributed by atoms with Crippen LogP contribution in [0, 0.1) is 34.0 Å². The SMILES string of the molecule is C=C[C@]1(C)C[C@@H](OC(=O)CSc2nc(-c3cc[n+](Cc4ccsc4)cc3)cs2)[C@]2(C)[C@H](C)CC[C@]3(CCC(=O)[C@H]32)[C@@H](C)[C@@H]1O. The number of carbonyl (C=O) groups excluding carboxylic acids is 2. The smallest absolute Gasteiger partial charge is 0.316 e. The number of aliphatic hydroxyl groups is 1. The van der Waals surface area contributed by atoms with Crippen LogP contribution in [0.1, 0.15) is 65.4 Å². The number of thiophene rings is 1. The lowest BCUT2D eigenvalue weighted by atomic mass is 9.44. The second-order valence-corrected chi connectivity index (χ2v) is 16.6. The Balaban J connectivity index is 1.17. The first-order valence-corrected chi connectivity index (χ1v) is 18.4. The summed E-state index contributed by atoms with van der Waals surface area (Å²) in [5, 5.41) is 18.0. The molecule has 1 N–H and O–H groups in total. The van der Waals surface area contributed by atoms with E-state index in [0.717, 1.165) is 41.4 Å². The number of aromatic nitrogens is 2. The predicted molar refractivity (Wildman–Crippen MR) is 177 cm³/mol. The first kappa shape index (κ1) is 31.6. The number of rotatable bonds is 8. The van der Waals surface area contributed by atoms with Gasteiger partial charge in [-0.3, -0.25) is 9.59 Å². The Kier molecular flexibility index (Phi) is 8.72. The Morgan fingerprint density at radius 3 is 2.70 bits per heavy atom. The molecule has 234 valence electrons. The number of carbonyl (C=O) groups is 2. The van der Waals surface area contributed by atoms with Crippen LogP contribution in [0.4, 0.5) is 0 Å². The molecule has 3 aliphatic rings. The van der Waals surface area contributed by atoms with Gasteiger partial charge in [-0.15, -0.1) is 17.9 Å². The summed E-state index contributed by atoms with van der Waals surface area (Å²) >= 11 is 4.62. The highest BCUT2D eigenvalue weighted by Crippen LogP contribution is 2.68. The summed E-state index contributed by atoms with van der Waals surface area (Å²) in [5.41, 5.74) is 1.78. The Morgan fingerprint density at radius 2 is 2.00 bits per heavy atom. The quantitative estimate of drug-likeness (QED) is 0.120. The molecule has 6 rings (SSSR count). The molecule has 8 atom stereocenters. The average Bonchev–Trinajstić information content (AvgIpc) is 3.78. The molecule has 3 saturated carbocycles. The van der Waals surface area contributed by atoms with Crippen LogP contribution in [-0.4, -0.2) is 39.8 Å². The van der Waals surface area contributed by atoms with E-state index in [0.29, 0.717) is 12.8 Å². The highest BCUT2D eigenvalue weighted by Gasteiger charge is 2.68. The van der Waals surface area contributed by atoms with Gasteiger partial charge in [0.15, 0.2) is 23.3 Å². The van der Waals surface area contributed by atoms with E-state index in [4.69, 9.17) is 9.72 Å². The molecule has 2 bridgehead atoms. The van der Waals surface area contributed by atoms with Crippen molar-refractivity contribution in [2.24, 2.45) is 34.0 Å². The molecule has 3 aromatic heterocycles. The number of thiazole rings is 1. The number of nitrogens with zero attached hydrogens (tertiary/aromatic N) is 2. The first-order valence-electron chi connectivity index (χ1n) is 15.6. The number of ketones is 1. The molecule has 9 heteroatoms. The zero-order valence-corrected chi connectivity index (χ0v) is 28.5. The van der Waals surface area contributed by atoms with Crippen molar-refractivity contribution >= 4 is 46.2 Å². The van der Waals surface area contributed by atoms with Crippen LogP contribution in [0.5, 0.6) is 0 Å². The fourth-order valence-corrected chi connectivity index (χ4v) is 10.9. The van der Waals surface area contributed by atoms with Crippen molar-refractivity contribution < 1.29 is 24.0 Å². The molecule has 3 aromatic rings. The van der Waals surface area contributed by atoms with Gasteiger partial charge in [0.25, 0.3) is 0 Å². The lowest BCUT2D eigenvalue weighted by Crippen LogP contribution is -2.63. The topological polar surface area (TPSA) is 80.4 Å². The third-order valence-corrected chi connectivity index (χ3v) is 14.2. The molecule has 3 heterocycles. The molecular formula is C35H43N2O4S3+. The Hall–Kier alpha value is -2.33. The molecular weight excluding hydrogens is 609 g/mol. The molecule has 6 nitrogen and oxygen atoms in total. The second kappa shape index (κ2) is 12.1. The molecule has 3 aliphatic carbocycles. The van der Waals surface area contributed by atoms with E-state index in [1.807, 2.05) is 18.4 Å². The predicted octanol–water partition coefficient (Wildman–Crippen LogP) is 7.21. The van der Waals surface area contributed by atoms with Crippen molar-refractivity contribution in [3.05, 3.63) is 65.0 Å². The molecule has 44 heavy (non-hydrogen) atoms. The largest absolute Gasteiger partial charge is 0.461 e. The van der Waals surface area contributed by atoms with Gasteiger partial charge in [0.2, 0.25) is 0 Å². The first-order chi connectivity index (χ1) is 21.0. The summed E-state index contributed by atoms with van der Waals surface area (Å²) in [6.45, 7) is 13.5. The summed E-state index contributed by atoms with van der Waals surface area (Å²) in [4.78, 5) is 31.9. The molecule has 0 radical (unpaired) electrons. The van der Waals surface area contributed by atoms with Gasteiger partial charge < -0.3 is 9.84 Å². The minimum atomic E-state index is -0.668. The Bertz CT molecular complexity index is 1520. The van der Waals surface area contributed by atoms with Crippen LogP contribution in [-0.2, 0) is 20.9 Å². The number of pyridine rings is 1. The van der Waals surface area contributed by atoms with Gasteiger partial charge in [-0.05, 0) is 54.4 Å². The van der Waals surface area contributed by atoms with E-state index in [1.165, 1.54) is 28.7 Å². The summed E-state index contributed by atoms with van der Waals surface area (Å²) in [7, 11) is 0. The molecule has 0 aliphatic heterocycles. The maximum absolute atomic E-state index is 13.6. The number of hydrogen-bond donors (Lipinski definition) is 1. The average molecular weight is 652 g/mol. The lowest BCUT2D eigenvalue weighted by Gasteiger charge is -2.61. The van der Waals surface area contributed by atoms with E-state index >= 15 is 0 Å². The third kappa shape index (κ3) is 5.41. The van der Waals surface area contributed by atoms with Gasteiger partial charge in [0, 0.05) is 57.2 Å². The van der Waals surface area contributed by atoms with Gasteiger partial charge in [0.05, 0.1) is 17.6 Å². The van der Waals surface area contributed by atoms with Crippen molar-refractivity contribution in [1.82, 2.24) is 4.98 Å². The Morgan fingerprint density at radius 1 is 1.23 bits per heavy atom. The second-order valence-electron chi connectivity index (χ2n) is 13.7. The zero-order valence-electron chi connectivity index (χ0n) is 26.0. The van der Waals surface area contributed by atoms with E-state index in [1.54, 1.807) is 11.3 Å². The summed E-state index contributed by atoms with van der Waals surface area (Å²) in [6, 6.07) is 6.28. The minimum Gasteiger partial charge on any atom is -0.461 e. The van der Waals surface area contributed by atoms with Crippen molar-refractivity contribution in [2.75, 3.05) is 5.75 Å². The van der Waals surface area contributed by atoms with Crippen molar-refractivity contribution in [1.29, 1.82) is 0 Å².